The lowest BCUT2D eigenvalue weighted by Gasteiger charge is -2.10. The Balaban J connectivity index is 0.000000920. The number of benzene rings is 2. The van der Waals surface area contributed by atoms with E-state index in [-0.39, 0.29) is 5.56 Å². The van der Waals surface area contributed by atoms with E-state index in [2.05, 4.69) is 36.7 Å². The summed E-state index contributed by atoms with van der Waals surface area (Å²) < 4.78 is 39.5. The molecule has 0 heterocycles. The third-order valence-corrected chi connectivity index (χ3v) is 4.33. The fourth-order valence-electron chi connectivity index (χ4n) is 2.78. The number of aryl methyl sites for hydroxylation is 1. The van der Waals surface area contributed by atoms with E-state index in [4.69, 9.17) is 10.7 Å². The van der Waals surface area contributed by atoms with Gasteiger partial charge in [-0.3, -0.25) is 10.4 Å². The van der Waals surface area contributed by atoms with Gasteiger partial charge in [-0.05, 0) is 67.6 Å². The summed E-state index contributed by atoms with van der Waals surface area (Å²) in [6.07, 6.45) is 0.591. The van der Waals surface area contributed by atoms with Crippen LogP contribution in [0.15, 0.2) is 41.4 Å². The maximum atomic E-state index is 13.2. The van der Waals surface area contributed by atoms with E-state index in [0.29, 0.717) is 29.5 Å². The Labute approximate surface area is 187 Å². The van der Waals surface area contributed by atoms with Crippen LogP contribution in [0.5, 0.6) is 5.75 Å². The zero-order valence-electron chi connectivity index (χ0n) is 18.3. The average molecular weight is 441 g/mol. The highest BCUT2D eigenvalue weighted by atomic mass is 19.4. The monoisotopic (exact) mass is 441 g/mol. The second kappa shape index (κ2) is 13.0. The summed E-state index contributed by atoms with van der Waals surface area (Å²) in [6, 6.07) is 10.1. The molecule has 2 N–H and O–H groups in total. The number of alkyl halides is 3. The lowest BCUT2D eigenvalue weighted by Crippen LogP contribution is -2.07. The first kappa shape index (κ1) is 26.5. The summed E-state index contributed by atoms with van der Waals surface area (Å²) in [6.45, 7) is 6.01. The normalized spacial score (nSPS) is 10.7. The van der Waals surface area contributed by atoms with Crippen LogP contribution in [-0.4, -0.2) is 17.7 Å². The van der Waals surface area contributed by atoms with Gasteiger partial charge < -0.3 is 5.11 Å². The summed E-state index contributed by atoms with van der Waals surface area (Å²) >= 11 is 0. The van der Waals surface area contributed by atoms with Crippen molar-refractivity contribution in [2.45, 2.75) is 46.2 Å². The Morgan fingerprint density at radius 3 is 2.31 bits per heavy atom. The van der Waals surface area contributed by atoms with Gasteiger partial charge in [0.05, 0.1) is 17.2 Å². The Morgan fingerprint density at radius 1 is 1.12 bits per heavy atom. The van der Waals surface area contributed by atoms with Gasteiger partial charge >= 0.3 is 6.18 Å². The van der Waals surface area contributed by atoms with Crippen molar-refractivity contribution in [3.8, 4) is 23.7 Å². The van der Waals surface area contributed by atoms with Crippen molar-refractivity contribution in [1.82, 2.24) is 0 Å². The van der Waals surface area contributed by atoms with Gasteiger partial charge in [-0.25, -0.2) is 0 Å². The number of phenolic OH excluding ortho intramolecular Hbond substituents is 1. The average Bonchev–Trinajstić information content (AvgIpc) is 2.73. The Morgan fingerprint density at radius 2 is 1.78 bits per heavy atom. The van der Waals surface area contributed by atoms with Crippen molar-refractivity contribution in [3.63, 3.8) is 0 Å². The molecule has 7 heteroatoms. The molecule has 2 aromatic carbocycles. The van der Waals surface area contributed by atoms with Gasteiger partial charge in [0.25, 0.3) is 0 Å². The van der Waals surface area contributed by atoms with Gasteiger partial charge in [-0.2, -0.15) is 18.4 Å². The van der Waals surface area contributed by atoms with E-state index in [1.54, 1.807) is 31.3 Å². The van der Waals surface area contributed by atoms with Crippen LogP contribution in [0.4, 0.5) is 13.2 Å². The minimum atomic E-state index is -4.60. The molecule has 0 aliphatic carbocycles. The summed E-state index contributed by atoms with van der Waals surface area (Å²) in [4.78, 5) is 3.39. The highest BCUT2D eigenvalue weighted by molar-refractivity contribution is 5.68. The molecular weight excluding hydrogens is 415 g/mol. The highest BCUT2D eigenvalue weighted by Gasteiger charge is 2.33. The molecule has 0 saturated carbocycles. The van der Waals surface area contributed by atoms with Gasteiger partial charge in [-0.1, -0.05) is 32.1 Å². The third kappa shape index (κ3) is 9.06. The minimum absolute atomic E-state index is 0.196. The Hall–Kier alpha value is -3.58. The van der Waals surface area contributed by atoms with Crippen molar-refractivity contribution in [3.05, 3.63) is 64.2 Å². The predicted molar refractivity (Wildman–Crippen MR) is 121 cm³/mol. The van der Waals surface area contributed by atoms with Gasteiger partial charge in [-0.15, -0.1) is 0 Å². The molecule has 4 nitrogen and oxygen atoms in total. The molecule has 0 unspecified atom stereocenters. The van der Waals surface area contributed by atoms with E-state index in [0.717, 1.165) is 30.8 Å². The second-order valence-electron chi connectivity index (χ2n) is 7.28. The molecule has 0 atom stereocenters. The molecule has 0 spiro atoms. The zero-order valence-corrected chi connectivity index (χ0v) is 18.3. The van der Waals surface area contributed by atoms with E-state index in [1.807, 2.05) is 0 Å². The van der Waals surface area contributed by atoms with Crippen LogP contribution in [0, 0.1) is 34.5 Å². The number of phenols is 1. The molecule has 0 radical (unpaired) electrons. The number of hydrogen-bond acceptors (Lipinski definition) is 3. The lowest BCUT2D eigenvalue weighted by atomic mass is 9.97. The van der Waals surface area contributed by atoms with Crippen LogP contribution in [0.3, 0.4) is 0 Å². The standard InChI is InChI=1S/C22H20F3NO.C3H6N2/c1-15(2)4-3-5-19-12-16(14-26)6-7-17(19)8-9-18-10-11-20(27)13-21(18)22(23,24)25;1-2-5-3-4/h6-7,10-13,15,27H,3-5H2,1-2H3;2-4H,1H3. The van der Waals surface area contributed by atoms with Gasteiger partial charge in [0.15, 0.2) is 0 Å². The number of nitriles is 1. The van der Waals surface area contributed by atoms with E-state index >= 15 is 0 Å². The Bertz CT molecular complexity index is 1040. The zero-order chi connectivity index (χ0) is 24.1. The molecule has 32 heavy (non-hydrogen) atoms. The first-order valence-corrected chi connectivity index (χ1v) is 10.0. The number of aliphatic imine (C=N–C) groups is 1. The fourth-order valence-corrected chi connectivity index (χ4v) is 2.78. The number of nitrogens with one attached hydrogen (secondary N) is 1. The predicted octanol–water partition coefficient (Wildman–Crippen LogP) is 6.35. The molecule has 0 saturated heterocycles. The second-order valence-corrected chi connectivity index (χ2v) is 7.28. The quantitative estimate of drug-likeness (QED) is 0.322. The molecule has 2 rings (SSSR count). The summed E-state index contributed by atoms with van der Waals surface area (Å²) in [5, 5.41) is 24.7. The van der Waals surface area contributed by atoms with Crippen LogP contribution in [-0.2, 0) is 12.6 Å². The molecule has 168 valence electrons. The van der Waals surface area contributed by atoms with Crippen LogP contribution < -0.4 is 0 Å². The maximum Gasteiger partial charge on any atom is 0.417 e. The lowest BCUT2D eigenvalue weighted by molar-refractivity contribution is -0.137. The van der Waals surface area contributed by atoms with E-state index < -0.39 is 17.5 Å². The summed E-state index contributed by atoms with van der Waals surface area (Å²) in [7, 11) is 0. The minimum Gasteiger partial charge on any atom is -0.508 e. The third-order valence-electron chi connectivity index (χ3n) is 4.33. The van der Waals surface area contributed by atoms with E-state index in [1.165, 1.54) is 6.07 Å². The first-order chi connectivity index (χ1) is 15.1. The number of hydrogen-bond donors (Lipinski definition) is 2. The van der Waals surface area contributed by atoms with Crippen LogP contribution >= 0.6 is 0 Å². The van der Waals surface area contributed by atoms with Crippen molar-refractivity contribution >= 4 is 12.6 Å². The number of nitrogens with zero attached hydrogens (tertiary/aromatic N) is 2. The SMILES string of the molecule is CC(C)CCCc1cc(C#N)ccc1C#Cc1ccc(O)cc1C(F)(F)F.CC=NC=N. The number of aromatic hydroxyl groups is 1. The smallest absolute Gasteiger partial charge is 0.417 e. The van der Waals surface area contributed by atoms with Gasteiger partial charge in [0.2, 0.25) is 0 Å². The van der Waals surface area contributed by atoms with Gasteiger partial charge in [0.1, 0.15) is 12.1 Å². The van der Waals surface area contributed by atoms with Crippen LogP contribution in [0.2, 0.25) is 0 Å². The molecule has 0 aliphatic heterocycles. The van der Waals surface area contributed by atoms with Crippen molar-refractivity contribution in [2.75, 3.05) is 0 Å². The summed E-state index contributed by atoms with van der Waals surface area (Å²) in [5.74, 6) is 5.47. The molecule has 0 aromatic heterocycles. The van der Waals surface area contributed by atoms with Crippen molar-refractivity contribution in [2.24, 2.45) is 10.9 Å². The van der Waals surface area contributed by atoms with E-state index in [9.17, 15) is 18.3 Å². The highest BCUT2D eigenvalue weighted by Crippen LogP contribution is 2.33. The molecule has 0 aliphatic rings. The largest absolute Gasteiger partial charge is 0.508 e. The molecular formula is C25H26F3N3O. The van der Waals surface area contributed by atoms with Crippen molar-refractivity contribution < 1.29 is 18.3 Å². The molecule has 0 fully saturated rings. The van der Waals surface area contributed by atoms with Crippen LogP contribution in [0.1, 0.15) is 61.4 Å². The molecule has 0 amide bonds. The maximum absolute atomic E-state index is 13.2. The topological polar surface area (TPSA) is 80.2 Å². The Kier molecular flexibility index (Phi) is 10.7. The fraction of sp³-hybridized carbons (Fsp3) is 0.320. The van der Waals surface area contributed by atoms with Crippen LogP contribution in [0.25, 0.3) is 0 Å². The molecule has 2 aromatic rings. The molecule has 0 bridgehead atoms. The van der Waals surface area contributed by atoms with Crippen molar-refractivity contribution in [1.29, 1.82) is 10.7 Å². The van der Waals surface area contributed by atoms with Gasteiger partial charge in [0, 0.05) is 17.3 Å². The number of rotatable bonds is 5. The number of halogens is 3. The summed E-state index contributed by atoms with van der Waals surface area (Å²) in [5.41, 5.74) is 0.803. The first-order valence-electron chi connectivity index (χ1n) is 10.0.